The standard InChI is InChI=1S/C13H14N2S/c14-9-11-5-4-8-15-13(11)10-16-12-6-2-1-3-7-12/h1-8H,9-10,14H2. The van der Waals surface area contributed by atoms with Gasteiger partial charge in [-0.15, -0.1) is 11.8 Å². The molecular weight excluding hydrogens is 216 g/mol. The highest BCUT2D eigenvalue weighted by atomic mass is 32.2. The van der Waals surface area contributed by atoms with E-state index < -0.39 is 0 Å². The molecule has 0 aliphatic carbocycles. The van der Waals surface area contributed by atoms with Gasteiger partial charge in [0, 0.05) is 23.4 Å². The average Bonchev–Trinajstić information content (AvgIpc) is 2.38. The molecule has 0 aliphatic rings. The van der Waals surface area contributed by atoms with E-state index in [9.17, 15) is 0 Å². The fraction of sp³-hybridized carbons (Fsp3) is 0.154. The van der Waals surface area contributed by atoms with E-state index in [2.05, 4.69) is 17.1 Å². The number of hydrogen-bond acceptors (Lipinski definition) is 3. The van der Waals surface area contributed by atoms with Crippen LogP contribution >= 0.6 is 11.8 Å². The van der Waals surface area contributed by atoms with Gasteiger partial charge in [0.15, 0.2) is 0 Å². The van der Waals surface area contributed by atoms with Crippen LogP contribution in [0, 0.1) is 0 Å². The third-order valence-corrected chi connectivity index (χ3v) is 3.35. The maximum Gasteiger partial charge on any atom is 0.0551 e. The lowest BCUT2D eigenvalue weighted by molar-refractivity contribution is 0.999. The normalized spacial score (nSPS) is 10.3. The smallest absolute Gasteiger partial charge is 0.0551 e. The zero-order valence-corrected chi connectivity index (χ0v) is 9.78. The van der Waals surface area contributed by atoms with Crippen LogP contribution < -0.4 is 5.73 Å². The zero-order valence-electron chi connectivity index (χ0n) is 8.97. The predicted molar refractivity (Wildman–Crippen MR) is 68.1 cm³/mol. The Kier molecular flexibility index (Phi) is 3.97. The van der Waals surface area contributed by atoms with Gasteiger partial charge in [-0.05, 0) is 23.8 Å². The molecule has 0 radical (unpaired) electrons. The van der Waals surface area contributed by atoms with Crippen LogP contribution in [0.25, 0.3) is 0 Å². The van der Waals surface area contributed by atoms with Crippen molar-refractivity contribution < 1.29 is 0 Å². The monoisotopic (exact) mass is 230 g/mol. The molecule has 0 spiro atoms. The second-order valence-corrected chi connectivity index (χ2v) is 4.46. The van der Waals surface area contributed by atoms with E-state index in [1.54, 1.807) is 11.8 Å². The highest BCUT2D eigenvalue weighted by Crippen LogP contribution is 2.22. The van der Waals surface area contributed by atoms with E-state index in [4.69, 9.17) is 5.73 Å². The number of thioether (sulfide) groups is 1. The molecule has 0 bridgehead atoms. The molecule has 82 valence electrons. The van der Waals surface area contributed by atoms with E-state index >= 15 is 0 Å². The van der Waals surface area contributed by atoms with Crippen molar-refractivity contribution in [2.24, 2.45) is 5.73 Å². The number of nitrogens with zero attached hydrogens (tertiary/aromatic N) is 1. The van der Waals surface area contributed by atoms with Gasteiger partial charge in [-0.2, -0.15) is 0 Å². The van der Waals surface area contributed by atoms with Crippen molar-refractivity contribution in [1.29, 1.82) is 0 Å². The highest BCUT2D eigenvalue weighted by Gasteiger charge is 2.02. The van der Waals surface area contributed by atoms with Crippen molar-refractivity contribution >= 4 is 11.8 Å². The molecule has 2 rings (SSSR count). The van der Waals surface area contributed by atoms with E-state index in [-0.39, 0.29) is 0 Å². The lowest BCUT2D eigenvalue weighted by Gasteiger charge is -2.05. The molecule has 0 unspecified atom stereocenters. The van der Waals surface area contributed by atoms with Crippen LogP contribution in [0.2, 0.25) is 0 Å². The Morgan fingerprint density at radius 3 is 2.62 bits per heavy atom. The molecule has 0 fully saturated rings. The van der Waals surface area contributed by atoms with Crippen LogP contribution in [0.1, 0.15) is 11.3 Å². The summed E-state index contributed by atoms with van der Waals surface area (Å²) in [6, 6.07) is 14.3. The molecular formula is C13H14N2S. The summed E-state index contributed by atoms with van der Waals surface area (Å²) in [6.45, 7) is 0.554. The fourth-order valence-electron chi connectivity index (χ4n) is 1.46. The quantitative estimate of drug-likeness (QED) is 0.821. The summed E-state index contributed by atoms with van der Waals surface area (Å²) in [6.07, 6.45) is 1.82. The van der Waals surface area contributed by atoms with Crippen LogP contribution in [-0.4, -0.2) is 4.98 Å². The van der Waals surface area contributed by atoms with Crippen LogP contribution in [0.4, 0.5) is 0 Å². The fourth-order valence-corrected chi connectivity index (χ4v) is 2.37. The summed E-state index contributed by atoms with van der Waals surface area (Å²) in [5.41, 5.74) is 7.88. The Bertz CT molecular complexity index is 443. The molecule has 0 amide bonds. The number of hydrogen-bond donors (Lipinski definition) is 1. The van der Waals surface area contributed by atoms with Gasteiger partial charge >= 0.3 is 0 Å². The Morgan fingerprint density at radius 1 is 1.06 bits per heavy atom. The maximum absolute atomic E-state index is 5.67. The molecule has 3 heteroatoms. The first-order valence-corrected chi connectivity index (χ1v) is 6.19. The summed E-state index contributed by atoms with van der Waals surface area (Å²) in [5, 5.41) is 0. The van der Waals surface area contributed by atoms with Gasteiger partial charge in [-0.1, -0.05) is 24.3 Å². The Morgan fingerprint density at radius 2 is 1.88 bits per heavy atom. The summed E-state index contributed by atoms with van der Waals surface area (Å²) < 4.78 is 0. The number of benzene rings is 1. The van der Waals surface area contributed by atoms with E-state index in [1.807, 2.05) is 36.5 Å². The van der Waals surface area contributed by atoms with Gasteiger partial charge in [0.1, 0.15) is 0 Å². The first kappa shape index (κ1) is 11.2. The average molecular weight is 230 g/mol. The third kappa shape index (κ3) is 2.84. The maximum atomic E-state index is 5.67. The predicted octanol–water partition coefficient (Wildman–Crippen LogP) is 2.83. The van der Waals surface area contributed by atoms with Gasteiger partial charge in [0.05, 0.1) is 5.69 Å². The molecule has 0 saturated heterocycles. The second-order valence-electron chi connectivity index (χ2n) is 3.42. The molecule has 1 aromatic heterocycles. The number of nitrogens with two attached hydrogens (primary N) is 1. The lowest BCUT2D eigenvalue weighted by Crippen LogP contribution is -2.02. The number of aromatic nitrogens is 1. The molecule has 16 heavy (non-hydrogen) atoms. The molecule has 2 aromatic rings. The van der Waals surface area contributed by atoms with Crippen LogP contribution in [0.5, 0.6) is 0 Å². The van der Waals surface area contributed by atoms with Crippen molar-refractivity contribution in [1.82, 2.24) is 4.98 Å². The molecule has 0 atom stereocenters. The second kappa shape index (κ2) is 5.68. The summed E-state index contributed by atoms with van der Waals surface area (Å²) in [5.74, 6) is 0.872. The minimum absolute atomic E-state index is 0.554. The van der Waals surface area contributed by atoms with Gasteiger partial charge in [-0.25, -0.2) is 0 Å². The van der Waals surface area contributed by atoms with Crippen molar-refractivity contribution in [2.75, 3.05) is 0 Å². The minimum Gasteiger partial charge on any atom is -0.326 e. The van der Waals surface area contributed by atoms with Crippen LogP contribution in [0.15, 0.2) is 53.6 Å². The van der Waals surface area contributed by atoms with Crippen molar-refractivity contribution in [3.05, 3.63) is 59.9 Å². The van der Waals surface area contributed by atoms with E-state index in [1.165, 1.54) is 4.90 Å². The van der Waals surface area contributed by atoms with Gasteiger partial charge in [-0.3, -0.25) is 4.98 Å². The van der Waals surface area contributed by atoms with Gasteiger partial charge < -0.3 is 5.73 Å². The topological polar surface area (TPSA) is 38.9 Å². The van der Waals surface area contributed by atoms with E-state index in [0.717, 1.165) is 17.0 Å². The molecule has 1 heterocycles. The Labute approximate surface area is 99.9 Å². The van der Waals surface area contributed by atoms with Crippen molar-refractivity contribution in [3.8, 4) is 0 Å². The van der Waals surface area contributed by atoms with E-state index in [0.29, 0.717) is 6.54 Å². The SMILES string of the molecule is NCc1cccnc1CSc1ccccc1. The lowest BCUT2D eigenvalue weighted by atomic mass is 10.2. The Balaban J connectivity index is 2.05. The molecule has 2 nitrogen and oxygen atoms in total. The van der Waals surface area contributed by atoms with Crippen molar-refractivity contribution in [2.45, 2.75) is 17.2 Å². The largest absolute Gasteiger partial charge is 0.326 e. The molecule has 0 saturated carbocycles. The van der Waals surface area contributed by atoms with Crippen LogP contribution in [0.3, 0.4) is 0 Å². The molecule has 2 N–H and O–H groups in total. The molecule has 1 aromatic carbocycles. The zero-order chi connectivity index (χ0) is 11.2. The number of pyridine rings is 1. The first-order valence-electron chi connectivity index (χ1n) is 5.21. The number of rotatable bonds is 4. The van der Waals surface area contributed by atoms with Gasteiger partial charge in [0.2, 0.25) is 0 Å². The summed E-state index contributed by atoms with van der Waals surface area (Å²) in [4.78, 5) is 5.62. The summed E-state index contributed by atoms with van der Waals surface area (Å²) >= 11 is 1.78. The Hall–Kier alpha value is -1.32. The van der Waals surface area contributed by atoms with Crippen LogP contribution in [-0.2, 0) is 12.3 Å². The third-order valence-electron chi connectivity index (χ3n) is 2.32. The van der Waals surface area contributed by atoms with Crippen molar-refractivity contribution in [3.63, 3.8) is 0 Å². The first-order chi connectivity index (χ1) is 7.90. The summed E-state index contributed by atoms with van der Waals surface area (Å²) in [7, 11) is 0. The molecule has 0 aliphatic heterocycles. The minimum atomic E-state index is 0.554. The van der Waals surface area contributed by atoms with Gasteiger partial charge in [0.25, 0.3) is 0 Å². The highest BCUT2D eigenvalue weighted by molar-refractivity contribution is 7.98.